The van der Waals surface area contributed by atoms with Crippen LogP contribution in [-0.2, 0) is 34.1 Å². The minimum atomic E-state index is -2.46. The first kappa shape index (κ1) is 32.0. The monoisotopic (exact) mass is 728 g/mol. The zero-order chi connectivity index (χ0) is 29.2. The number of ether oxygens (including phenoxy) is 2. The average molecular weight is 731 g/mol. The normalized spacial score (nSPS) is 22.0. The Labute approximate surface area is 268 Å². The van der Waals surface area contributed by atoms with Gasteiger partial charge in [0.25, 0.3) is 0 Å². The van der Waals surface area contributed by atoms with Crippen LogP contribution in [0.1, 0.15) is 22.3 Å². The second-order valence-corrected chi connectivity index (χ2v) is 34.7. The predicted octanol–water partition coefficient (Wildman–Crippen LogP) is 10.6. The van der Waals surface area contributed by atoms with E-state index in [1.54, 1.807) is 0 Å². The quantitative estimate of drug-likeness (QED) is 0.168. The summed E-state index contributed by atoms with van der Waals surface area (Å²) in [6, 6.07) is 44.0. The van der Waals surface area contributed by atoms with Gasteiger partial charge >= 0.3 is 270 Å². The topological polar surface area (TPSA) is 18.5 Å². The predicted molar refractivity (Wildman–Crippen MR) is 193 cm³/mol. The summed E-state index contributed by atoms with van der Waals surface area (Å²) in [5, 5.41) is -4.92. The first-order valence-electron chi connectivity index (χ1n) is 15.1. The van der Waals surface area contributed by atoms with E-state index in [0.717, 1.165) is 75.7 Å². The van der Waals surface area contributed by atoms with Crippen molar-refractivity contribution >= 4 is 41.6 Å². The molecule has 0 aromatic heterocycles. The third-order valence-corrected chi connectivity index (χ3v) is 25.9. The fourth-order valence-electron chi connectivity index (χ4n) is 6.50. The summed E-state index contributed by atoms with van der Waals surface area (Å²) >= 11 is 9.12. The molecule has 2 nitrogen and oxygen atoms in total. The molecule has 6 heteroatoms. The van der Waals surface area contributed by atoms with Crippen molar-refractivity contribution in [3.63, 3.8) is 0 Å². The van der Waals surface area contributed by atoms with E-state index in [-0.39, 0.29) is 0 Å². The van der Waals surface area contributed by atoms with Gasteiger partial charge in [-0.3, -0.25) is 0 Å². The first-order valence-corrected chi connectivity index (χ1v) is 25.1. The Balaban J connectivity index is 1.41. The minimum absolute atomic E-state index is 0.763. The second-order valence-electron chi connectivity index (χ2n) is 12.3. The Morgan fingerprint density at radius 2 is 0.595 bits per heavy atom. The molecular formula is C36H44Br2O2P2. The van der Waals surface area contributed by atoms with Crippen molar-refractivity contribution in [1.29, 1.82) is 0 Å². The molecule has 4 aromatic carbocycles. The van der Waals surface area contributed by atoms with Gasteiger partial charge < -0.3 is 0 Å². The molecule has 1 saturated heterocycles. The molecule has 0 aliphatic carbocycles. The van der Waals surface area contributed by atoms with Crippen LogP contribution in [0.25, 0.3) is 0 Å². The van der Waals surface area contributed by atoms with Crippen LogP contribution in [0.15, 0.2) is 121 Å². The maximum absolute atomic E-state index is 6.66. The molecular weight excluding hydrogens is 686 g/mol. The molecule has 0 N–H and O–H groups in total. The van der Waals surface area contributed by atoms with Gasteiger partial charge in [0.2, 0.25) is 0 Å². The second kappa shape index (κ2) is 14.2. The molecule has 42 heavy (non-hydrogen) atoms. The van der Waals surface area contributed by atoms with Crippen LogP contribution in [0.5, 0.6) is 0 Å². The number of halogens is 2. The summed E-state index contributed by atoms with van der Waals surface area (Å²) in [6.07, 6.45) is 8.34. The first-order chi connectivity index (χ1) is 20.3. The Bertz CT molecular complexity index is 1180. The third kappa shape index (κ3) is 8.84. The molecule has 1 fully saturated rings. The zero-order valence-electron chi connectivity index (χ0n) is 24.5. The number of benzene rings is 4. The number of rotatable bonds is 8. The van der Waals surface area contributed by atoms with Crippen molar-refractivity contribution in [2.75, 3.05) is 51.1 Å². The SMILES string of the molecule is BrP1(Cc2ccccc2)(Cc2ccccc2)CCOCCP(Br)(Cc2ccccc2)(Cc2ccccc2)CCOCC1. The molecule has 0 radical (unpaired) electrons. The van der Waals surface area contributed by atoms with E-state index in [9.17, 15) is 0 Å². The fourth-order valence-corrected chi connectivity index (χ4v) is 20.5. The average Bonchev–Trinajstić information content (AvgIpc) is 2.98. The van der Waals surface area contributed by atoms with E-state index in [4.69, 9.17) is 9.47 Å². The van der Waals surface area contributed by atoms with E-state index < -0.39 is 10.6 Å². The van der Waals surface area contributed by atoms with E-state index in [2.05, 4.69) is 152 Å². The molecule has 0 bridgehead atoms. The van der Waals surface area contributed by atoms with Crippen LogP contribution in [0, 0.1) is 0 Å². The summed E-state index contributed by atoms with van der Waals surface area (Å²) in [7, 11) is 0. The molecule has 1 aliphatic rings. The standard InChI is InChI=1S/C36H44Br2O2P2/c37-41(29-33-13-5-1-6-14-33,30-34-15-7-2-8-16-34)25-21-39-23-27-42(38,28-24-40-22-26-41,31-35-17-9-3-10-18-35)32-36-19-11-4-12-20-36/h1-20H,21-32H2. The molecule has 0 atom stereocenters. The third-order valence-electron chi connectivity index (χ3n) is 8.86. The van der Waals surface area contributed by atoms with Gasteiger partial charge in [0.1, 0.15) is 0 Å². The molecule has 0 amide bonds. The Morgan fingerprint density at radius 1 is 0.381 bits per heavy atom. The van der Waals surface area contributed by atoms with Crippen molar-refractivity contribution in [2.45, 2.75) is 24.6 Å². The van der Waals surface area contributed by atoms with Crippen molar-refractivity contribution < 1.29 is 9.47 Å². The molecule has 4 aromatic rings. The van der Waals surface area contributed by atoms with Crippen LogP contribution in [0.4, 0.5) is 0 Å². The Kier molecular flexibility index (Phi) is 10.8. The number of hydrogen-bond acceptors (Lipinski definition) is 2. The molecule has 0 saturated carbocycles. The summed E-state index contributed by atoms with van der Waals surface area (Å²) in [6.45, 7) is 3.05. The van der Waals surface area contributed by atoms with Crippen molar-refractivity contribution in [3.05, 3.63) is 144 Å². The van der Waals surface area contributed by atoms with Crippen LogP contribution in [0.3, 0.4) is 0 Å². The Hall–Kier alpha value is -1.38. The van der Waals surface area contributed by atoms with Gasteiger partial charge in [-0.25, -0.2) is 0 Å². The van der Waals surface area contributed by atoms with Crippen LogP contribution in [-0.4, -0.2) is 51.1 Å². The van der Waals surface area contributed by atoms with Gasteiger partial charge in [-0.2, -0.15) is 0 Å². The molecule has 0 unspecified atom stereocenters. The van der Waals surface area contributed by atoms with Gasteiger partial charge in [-0.1, -0.05) is 0 Å². The molecule has 1 aliphatic heterocycles. The summed E-state index contributed by atoms with van der Waals surface area (Å²) in [4.78, 5) is 0. The van der Waals surface area contributed by atoms with E-state index in [1.807, 2.05) is 0 Å². The number of hydrogen-bond donors (Lipinski definition) is 0. The molecule has 0 spiro atoms. The van der Waals surface area contributed by atoms with Crippen LogP contribution >= 0.6 is 41.6 Å². The summed E-state index contributed by atoms with van der Waals surface area (Å²) in [5.74, 6) is 0. The maximum atomic E-state index is 6.66. The van der Waals surface area contributed by atoms with Gasteiger partial charge in [0, 0.05) is 0 Å². The molecule has 1 heterocycles. The summed E-state index contributed by atoms with van der Waals surface area (Å²) in [5.41, 5.74) is 5.58. The van der Waals surface area contributed by atoms with Crippen molar-refractivity contribution in [1.82, 2.24) is 0 Å². The Morgan fingerprint density at radius 3 is 0.810 bits per heavy atom. The van der Waals surface area contributed by atoms with Crippen molar-refractivity contribution in [2.24, 2.45) is 0 Å². The van der Waals surface area contributed by atoms with Gasteiger partial charge in [0.15, 0.2) is 0 Å². The van der Waals surface area contributed by atoms with E-state index in [1.165, 1.54) is 22.3 Å². The van der Waals surface area contributed by atoms with E-state index >= 15 is 0 Å². The van der Waals surface area contributed by atoms with Gasteiger partial charge in [-0.05, 0) is 0 Å². The van der Waals surface area contributed by atoms with Crippen molar-refractivity contribution in [3.8, 4) is 0 Å². The summed E-state index contributed by atoms with van der Waals surface area (Å²) < 4.78 is 13.3. The fraction of sp³-hybridized carbons (Fsp3) is 0.333. The molecule has 224 valence electrons. The molecule has 5 rings (SSSR count). The zero-order valence-corrected chi connectivity index (χ0v) is 29.5. The van der Waals surface area contributed by atoms with E-state index in [0.29, 0.717) is 0 Å². The van der Waals surface area contributed by atoms with Gasteiger partial charge in [0.05, 0.1) is 0 Å². The van der Waals surface area contributed by atoms with Crippen LogP contribution < -0.4 is 0 Å². The van der Waals surface area contributed by atoms with Crippen LogP contribution in [0.2, 0.25) is 0 Å². The van der Waals surface area contributed by atoms with Gasteiger partial charge in [-0.15, -0.1) is 0 Å².